The Hall–Kier alpha value is -1.12. The standard InChI is InChI=1S/C8H13N3/c1-5(2)7-6(3)8(9)11-4-10-7/h4-5H,1-3H3,(H2,9,10,11). The van der Waals surface area contributed by atoms with Gasteiger partial charge in [-0.2, -0.15) is 0 Å². The topological polar surface area (TPSA) is 51.8 Å². The van der Waals surface area contributed by atoms with Crippen LogP contribution in [-0.2, 0) is 0 Å². The van der Waals surface area contributed by atoms with Crippen molar-refractivity contribution in [2.24, 2.45) is 0 Å². The van der Waals surface area contributed by atoms with Gasteiger partial charge in [-0.15, -0.1) is 0 Å². The van der Waals surface area contributed by atoms with Crippen LogP contribution in [0.1, 0.15) is 31.0 Å². The number of hydrogen-bond donors (Lipinski definition) is 1. The zero-order valence-corrected chi connectivity index (χ0v) is 7.13. The fourth-order valence-corrected chi connectivity index (χ4v) is 1.06. The van der Waals surface area contributed by atoms with Crippen LogP contribution < -0.4 is 5.73 Å². The molecule has 0 saturated carbocycles. The van der Waals surface area contributed by atoms with Gasteiger partial charge < -0.3 is 5.73 Å². The Labute approximate surface area is 66.7 Å². The van der Waals surface area contributed by atoms with Gasteiger partial charge >= 0.3 is 0 Å². The summed E-state index contributed by atoms with van der Waals surface area (Å²) in [6, 6.07) is 0. The minimum Gasteiger partial charge on any atom is -0.383 e. The van der Waals surface area contributed by atoms with Crippen LogP contribution in [-0.4, -0.2) is 9.97 Å². The van der Waals surface area contributed by atoms with Crippen LogP contribution in [0.2, 0.25) is 0 Å². The minimum atomic E-state index is 0.417. The fraction of sp³-hybridized carbons (Fsp3) is 0.500. The van der Waals surface area contributed by atoms with E-state index in [0.29, 0.717) is 11.7 Å². The largest absolute Gasteiger partial charge is 0.383 e. The molecule has 3 heteroatoms. The third-order valence-electron chi connectivity index (χ3n) is 1.71. The molecule has 0 fully saturated rings. The SMILES string of the molecule is Cc1c(N)ncnc1C(C)C. The molecule has 11 heavy (non-hydrogen) atoms. The van der Waals surface area contributed by atoms with E-state index in [0.717, 1.165) is 11.3 Å². The number of anilines is 1. The number of rotatable bonds is 1. The summed E-state index contributed by atoms with van der Waals surface area (Å²) < 4.78 is 0. The lowest BCUT2D eigenvalue weighted by Gasteiger charge is -2.08. The Morgan fingerprint density at radius 3 is 2.45 bits per heavy atom. The van der Waals surface area contributed by atoms with E-state index in [4.69, 9.17) is 5.73 Å². The number of nitrogen functional groups attached to an aromatic ring is 1. The van der Waals surface area contributed by atoms with Crippen LogP contribution >= 0.6 is 0 Å². The summed E-state index contributed by atoms with van der Waals surface area (Å²) >= 11 is 0. The first-order valence-electron chi connectivity index (χ1n) is 3.70. The predicted octanol–water partition coefficient (Wildman–Crippen LogP) is 1.49. The fourth-order valence-electron chi connectivity index (χ4n) is 1.06. The maximum Gasteiger partial charge on any atom is 0.129 e. The first-order chi connectivity index (χ1) is 5.13. The van der Waals surface area contributed by atoms with Crippen molar-refractivity contribution in [1.29, 1.82) is 0 Å². The number of aromatic nitrogens is 2. The highest BCUT2D eigenvalue weighted by molar-refractivity contribution is 5.40. The molecule has 0 unspecified atom stereocenters. The zero-order chi connectivity index (χ0) is 8.43. The molecule has 0 amide bonds. The Balaban J connectivity index is 3.17. The Morgan fingerprint density at radius 2 is 2.00 bits per heavy atom. The van der Waals surface area contributed by atoms with Gasteiger partial charge in [0.2, 0.25) is 0 Å². The molecule has 0 atom stereocenters. The summed E-state index contributed by atoms with van der Waals surface area (Å²) in [5.41, 5.74) is 7.65. The summed E-state index contributed by atoms with van der Waals surface area (Å²) in [6.45, 7) is 6.13. The Bertz CT molecular complexity index is 256. The molecule has 60 valence electrons. The summed E-state index contributed by atoms with van der Waals surface area (Å²) in [4.78, 5) is 8.04. The molecule has 0 aromatic carbocycles. The van der Waals surface area contributed by atoms with E-state index in [2.05, 4.69) is 23.8 Å². The molecule has 1 aromatic rings. The molecule has 0 spiro atoms. The molecule has 2 N–H and O–H groups in total. The highest BCUT2D eigenvalue weighted by Crippen LogP contribution is 2.18. The Morgan fingerprint density at radius 1 is 1.36 bits per heavy atom. The monoisotopic (exact) mass is 151 g/mol. The van der Waals surface area contributed by atoms with Crippen LogP contribution in [0.25, 0.3) is 0 Å². The quantitative estimate of drug-likeness (QED) is 0.661. The molecule has 1 aromatic heterocycles. The van der Waals surface area contributed by atoms with E-state index >= 15 is 0 Å². The van der Waals surface area contributed by atoms with Crippen molar-refractivity contribution in [2.75, 3.05) is 5.73 Å². The maximum atomic E-state index is 5.61. The van der Waals surface area contributed by atoms with Crippen LogP contribution in [0.5, 0.6) is 0 Å². The molecule has 1 heterocycles. The van der Waals surface area contributed by atoms with E-state index in [1.807, 2.05) is 6.92 Å². The van der Waals surface area contributed by atoms with Crippen LogP contribution in [0.15, 0.2) is 6.33 Å². The van der Waals surface area contributed by atoms with Crippen LogP contribution in [0.3, 0.4) is 0 Å². The third kappa shape index (κ3) is 1.48. The molecule has 0 aliphatic rings. The predicted molar refractivity (Wildman–Crippen MR) is 45.3 cm³/mol. The lowest BCUT2D eigenvalue weighted by molar-refractivity contribution is 0.803. The van der Waals surface area contributed by atoms with Gasteiger partial charge in [0.05, 0.1) is 5.69 Å². The minimum absolute atomic E-state index is 0.417. The Kier molecular flexibility index (Phi) is 2.08. The first-order valence-corrected chi connectivity index (χ1v) is 3.70. The molecular weight excluding hydrogens is 138 g/mol. The number of nitrogens with two attached hydrogens (primary N) is 1. The second kappa shape index (κ2) is 2.86. The van der Waals surface area contributed by atoms with E-state index in [-0.39, 0.29) is 0 Å². The first kappa shape index (κ1) is 7.98. The highest BCUT2D eigenvalue weighted by atomic mass is 14.9. The third-order valence-corrected chi connectivity index (χ3v) is 1.71. The van der Waals surface area contributed by atoms with Crippen LogP contribution in [0, 0.1) is 6.92 Å². The molecule has 0 radical (unpaired) electrons. The second-order valence-electron chi connectivity index (χ2n) is 2.92. The summed E-state index contributed by atoms with van der Waals surface area (Å²) in [5, 5.41) is 0. The van der Waals surface area contributed by atoms with Crippen molar-refractivity contribution < 1.29 is 0 Å². The molecular formula is C8H13N3. The molecule has 0 aliphatic heterocycles. The average Bonchev–Trinajstić information content (AvgIpc) is 1.94. The van der Waals surface area contributed by atoms with Crippen molar-refractivity contribution in [3.05, 3.63) is 17.6 Å². The van der Waals surface area contributed by atoms with Crippen LogP contribution in [0.4, 0.5) is 5.82 Å². The van der Waals surface area contributed by atoms with E-state index in [1.165, 1.54) is 6.33 Å². The molecule has 0 saturated heterocycles. The van der Waals surface area contributed by atoms with Gasteiger partial charge in [0.1, 0.15) is 12.1 Å². The van der Waals surface area contributed by atoms with Gasteiger partial charge in [0.15, 0.2) is 0 Å². The number of nitrogens with zero attached hydrogens (tertiary/aromatic N) is 2. The van der Waals surface area contributed by atoms with Crippen molar-refractivity contribution in [3.8, 4) is 0 Å². The van der Waals surface area contributed by atoms with Gasteiger partial charge in [-0.1, -0.05) is 13.8 Å². The lowest BCUT2D eigenvalue weighted by atomic mass is 10.1. The van der Waals surface area contributed by atoms with Gasteiger partial charge in [-0.05, 0) is 12.8 Å². The zero-order valence-electron chi connectivity index (χ0n) is 7.13. The number of hydrogen-bond acceptors (Lipinski definition) is 3. The van der Waals surface area contributed by atoms with Crippen molar-refractivity contribution in [2.45, 2.75) is 26.7 Å². The van der Waals surface area contributed by atoms with E-state index in [1.54, 1.807) is 0 Å². The van der Waals surface area contributed by atoms with Crippen molar-refractivity contribution in [3.63, 3.8) is 0 Å². The molecule has 1 rings (SSSR count). The van der Waals surface area contributed by atoms with Gasteiger partial charge in [0.25, 0.3) is 0 Å². The lowest BCUT2D eigenvalue weighted by Crippen LogP contribution is -2.02. The summed E-state index contributed by atoms with van der Waals surface area (Å²) in [7, 11) is 0. The molecule has 3 nitrogen and oxygen atoms in total. The normalized spacial score (nSPS) is 10.5. The summed E-state index contributed by atoms with van der Waals surface area (Å²) in [6.07, 6.45) is 1.51. The average molecular weight is 151 g/mol. The maximum absolute atomic E-state index is 5.61. The van der Waals surface area contributed by atoms with E-state index in [9.17, 15) is 0 Å². The highest BCUT2D eigenvalue weighted by Gasteiger charge is 2.06. The van der Waals surface area contributed by atoms with Gasteiger partial charge in [0, 0.05) is 5.56 Å². The van der Waals surface area contributed by atoms with Gasteiger partial charge in [-0.3, -0.25) is 0 Å². The smallest absolute Gasteiger partial charge is 0.129 e. The van der Waals surface area contributed by atoms with Crippen molar-refractivity contribution >= 4 is 5.82 Å². The second-order valence-corrected chi connectivity index (χ2v) is 2.92. The van der Waals surface area contributed by atoms with Gasteiger partial charge in [-0.25, -0.2) is 9.97 Å². The summed E-state index contributed by atoms with van der Waals surface area (Å²) in [5.74, 6) is 1.00. The van der Waals surface area contributed by atoms with Crippen molar-refractivity contribution in [1.82, 2.24) is 9.97 Å². The molecule has 0 aliphatic carbocycles. The van der Waals surface area contributed by atoms with E-state index < -0.39 is 0 Å². The molecule has 0 bridgehead atoms.